The Bertz CT molecular complexity index is 1020. The average molecular weight is 334 g/mol. The van der Waals surface area contributed by atoms with Crippen LogP contribution in [0.4, 0.5) is 5.69 Å². The summed E-state index contributed by atoms with van der Waals surface area (Å²) >= 11 is 0. The summed E-state index contributed by atoms with van der Waals surface area (Å²) in [5.74, 6) is -0.0873. The van der Waals surface area contributed by atoms with Gasteiger partial charge in [-0.25, -0.2) is 0 Å². The SMILES string of the molecule is CC(=O)N(Cc1cc2cccc(C)c2[nH]c1=O)c1ccc(C)cc1C. The third-order valence-electron chi connectivity index (χ3n) is 4.52. The number of amides is 1. The Morgan fingerprint density at radius 1 is 1.04 bits per heavy atom. The summed E-state index contributed by atoms with van der Waals surface area (Å²) in [7, 11) is 0. The van der Waals surface area contributed by atoms with Gasteiger partial charge in [-0.05, 0) is 49.4 Å². The van der Waals surface area contributed by atoms with Crippen LogP contribution >= 0.6 is 0 Å². The Morgan fingerprint density at radius 2 is 1.80 bits per heavy atom. The monoisotopic (exact) mass is 334 g/mol. The van der Waals surface area contributed by atoms with Crippen LogP contribution in [0.3, 0.4) is 0 Å². The van der Waals surface area contributed by atoms with Gasteiger partial charge in [0.05, 0.1) is 12.1 Å². The van der Waals surface area contributed by atoms with Crippen molar-refractivity contribution >= 4 is 22.5 Å². The predicted octanol–water partition coefficient (Wildman–Crippen LogP) is 4.01. The fourth-order valence-electron chi connectivity index (χ4n) is 3.19. The molecule has 3 aromatic rings. The summed E-state index contributed by atoms with van der Waals surface area (Å²) in [5, 5.41) is 0.971. The van der Waals surface area contributed by atoms with Gasteiger partial charge in [-0.15, -0.1) is 0 Å². The molecule has 2 aromatic carbocycles. The molecule has 0 bridgehead atoms. The molecule has 0 saturated heterocycles. The van der Waals surface area contributed by atoms with E-state index in [2.05, 4.69) is 4.98 Å². The van der Waals surface area contributed by atoms with Crippen molar-refractivity contribution in [3.8, 4) is 0 Å². The topological polar surface area (TPSA) is 53.2 Å². The number of hydrogen-bond acceptors (Lipinski definition) is 2. The van der Waals surface area contributed by atoms with Gasteiger partial charge < -0.3 is 9.88 Å². The van der Waals surface area contributed by atoms with Gasteiger partial charge in [0.25, 0.3) is 5.56 Å². The van der Waals surface area contributed by atoms with E-state index in [-0.39, 0.29) is 18.0 Å². The van der Waals surface area contributed by atoms with E-state index in [1.54, 1.807) is 4.90 Å². The second-order valence-corrected chi connectivity index (χ2v) is 6.56. The Balaban J connectivity index is 2.06. The molecule has 128 valence electrons. The molecule has 0 saturated carbocycles. The van der Waals surface area contributed by atoms with E-state index in [1.807, 2.05) is 63.2 Å². The quantitative estimate of drug-likeness (QED) is 0.787. The van der Waals surface area contributed by atoms with Crippen LogP contribution < -0.4 is 10.5 Å². The van der Waals surface area contributed by atoms with E-state index in [1.165, 1.54) is 6.92 Å². The summed E-state index contributed by atoms with van der Waals surface area (Å²) in [4.78, 5) is 29.4. The van der Waals surface area contributed by atoms with Gasteiger partial charge in [-0.3, -0.25) is 9.59 Å². The number of carbonyl (C=O) groups is 1. The zero-order chi connectivity index (χ0) is 18.1. The van der Waals surface area contributed by atoms with Crippen LogP contribution in [0.15, 0.2) is 47.3 Å². The molecule has 0 spiro atoms. The Hall–Kier alpha value is -2.88. The minimum absolute atomic E-state index is 0.0873. The molecule has 3 rings (SSSR count). The summed E-state index contributed by atoms with van der Waals surface area (Å²) in [6.45, 7) is 7.74. The lowest BCUT2D eigenvalue weighted by Gasteiger charge is -2.23. The molecule has 0 unspecified atom stereocenters. The Labute approximate surface area is 147 Å². The number of para-hydroxylation sites is 1. The molecule has 1 heterocycles. The summed E-state index contributed by atoms with van der Waals surface area (Å²) in [5.41, 5.74) is 5.29. The molecule has 0 atom stereocenters. The van der Waals surface area contributed by atoms with Crippen molar-refractivity contribution in [3.05, 3.63) is 75.1 Å². The molecule has 1 amide bonds. The molecule has 1 aromatic heterocycles. The minimum atomic E-state index is -0.155. The van der Waals surface area contributed by atoms with Crippen LogP contribution in [0.1, 0.15) is 29.2 Å². The number of aromatic amines is 1. The van der Waals surface area contributed by atoms with E-state index >= 15 is 0 Å². The van der Waals surface area contributed by atoms with Crippen molar-refractivity contribution in [2.75, 3.05) is 4.90 Å². The zero-order valence-corrected chi connectivity index (χ0v) is 15.0. The fraction of sp³-hybridized carbons (Fsp3) is 0.238. The maximum atomic E-state index is 12.5. The maximum Gasteiger partial charge on any atom is 0.253 e. The first-order valence-corrected chi connectivity index (χ1v) is 8.33. The number of aromatic nitrogens is 1. The molecular weight excluding hydrogens is 312 g/mol. The van der Waals surface area contributed by atoms with E-state index in [4.69, 9.17) is 0 Å². The molecule has 0 aliphatic heterocycles. The van der Waals surface area contributed by atoms with Crippen molar-refractivity contribution in [1.29, 1.82) is 0 Å². The number of nitrogens with zero attached hydrogens (tertiary/aromatic N) is 1. The van der Waals surface area contributed by atoms with Gasteiger partial charge in [0.2, 0.25) is 5.91 Å². The van der Waals surface area contributed by atoms with Crippen molar-refractivity contribution in [3.63, 3.8) is 0 Å². The van der Waals surface area contributed by atoms with Crippen LogP contribution in [-0.4, -0.2) is 10.9 Å². The van der Waals surface area contributed by atoms with Crippen LogP contribution in [0.2, 0.25) is 0 Å². The molecule has 4 nitrogen and oxygen atoms in total. The highest BCUT2D eigenvalue weighted by molar-refractivity contribution is 5.92. The zero-order valence-electron chi connectivity index (χ0n) is 15.0. The summed E-state index contributed by atoms with van der Waals surface area (Å²) in [6.07, 6.45) is 0. The van der Waals surface area contributed by atoms with E-state index in [0.717, 1.165) is 33.3 Å². The first-order valence-electron chi connectivity index (χ1n) is 8.33. The van der Waals surface area contributed by atoms with Gasteiger partial charge in [-0.1, -0.05) is 35.9 Å². The van der Waals surface area contributed by atoms with Crippen molar-refractivity contribution in [1.82, 2.24) is 4.98 Å². The Kier molecular flexibility index (Phi) is 4.45. The lowest BCUT2D eigenvalue weighted by Crippen LogP contribution is -2.31. The molecule has 0 aliphatic carbocycles. The van der Waals surface area contributed by atoms with Crippen LogP contribution in [-0.2, 0) is 11.3 Å². The number of benzene rings is 2. The molecule has 4 heteroatoms. The van der Waals surface area contributed by atoms with E-state index in [9.17, 15) is 9.59 Å². The van der Waals surface area contributed by atoms with Gasteiger partial charge >= 0.3 is 0 Å². The first-order chi connectivity index (χ1) is 11.9. The van der Waals surface area contributed by atoms with Crippen molar-refractivity contribution in [2.24, 2.45) is 0 Å². The first kappa shape index (κ1) is 17.0. The number of hydrogen-bond donors (Lipinski definition) is 1. The Morgan fingerprint density at radius 3 is 2.48 bits per heavy atom. The molecule has 0 fully saturated rings. The number of rotatable bonds is 3. The summed E-state index contributed by atoms with van der Waals surface area (Å²) in [6, 6.07) is 13.7. The summed E-state index contributed by atoms with van der Waals surface area (Å²) < 4.78 is 0. The molecule has 0 radical (unpaired) electrons. The maximum absolute atomic E-state index is 12.5. The molecule has 0 aliphatic rings. The number of H-pyrrole nitrogens is 1. The highest BCUT2D eigenvalue weighted by Gasteiger charge is 2.16. The lowest BCUT2D eigenvalue weighted by atomic mass is 10.1. The highest BCUT2D eigenvalue weighted by Crippen LogP contribution is 2.23. The van der Waals surface area contributed by atoms with E-state index < -0.39 is 0 Å². The van der Waals surface area contributed by atoms with Gasteiger partial charge in [-0.2, -0.15) is 0 Å². The van der Waals surface area contributed by atoms with Crippen molar-refractivity contribution in [2.45, 2.75) is 34.2 Å². The lowest BCUT2D eigenvalue weighted by molar-refractivity contribution is -0.116. The number of pyridine rings is 1. The average Bonchev–Trinajstić information content (AvgIpc) is 2.54. The van der Waals surface area contributed by atoms with Crippen molar-refractivity contribution < 1.29 is 4.79 Å². The standard InChI is InChI=1S/C21H22N2O2/c1-13-8-9-19(15(3)10-13)23(16(4)24)12-18-11-17-7-5-6-14(2)20(17)22-21(18)25/h5-11H,12H2,1-4H3,(H,22,25). The number of aryl methyl sites for hydroxylation is 3. The normalized spacial score (nSPS) is 10.9. The van der Waals surface area contributed by atoms with Crippen LogP contribution in [0.5, 0.6) is 0 Å². The van der Waals surface area contributed by atoms with Gasteiger partial charge in [0.15, 0.2) is 0 Å². The van der Waals surface area contributed by atoms with Crippen LogP contribution in [0, 0.1) is 20.8 Å². The minimum Gasteiger partial charge on any atom is -0.321 e. The number of carbonyl (C=O) groups excluding carboxylic acids is 1. The molecule has 25 heavy (non-hydrogen) atoms. The number of nitrogens with one attached hydrogen (secondary N) is 1. The van der Waals surface area contributed by atoms with Gasteiger partial charge in [0, 0.05) is 18.2 Å². The van der Waals surface area contributed by atoms with E-state index in [0.29, 0.717) is 5.56 Å². The predicted molar refractivity (Wildman–Crippen MR) is 102 cm³/mol. The highest BCUT2D eigenvalue weighted by atomic mass is 16.2. The number of anilines is 1. The fourth-order valence-corrected chi connectivity index (χ4v) is 3.19. The second kappa shape index (κ2) is 6.55. The molecular formula is C21H22N2O2. The smallest absolute Gasteiger partial charge is 0.253 e. The largest absolute Gasteiger partial charge is 0.321 e. The molecule has 1 N–H and O–H groups in total. The third-order valence-corrected chi connectivity index (χ3v) is 4.52. The van der Waals surface area contributed by atoms with Crippen LogP contribution in [0.25, 0.3) is 10.9 Å². The third kappa shape index (κ3) is 3.33. The number of fused-ring (bicyclic) bond motifs is 1. The van der Waals surface area contributed by atoms with Gasteiger partial charge in [0.1, 0.15) is 0 Å². The second-order valence-electron chi connectivity index (χ2n) is 6.56.